The molecule has 0 bridgehead atoms. The first-order valence-electron chi connectivity index (χ1n) is 4.85. The number of hydrogen-bond acceptors (Lipinski definition) is 3. The van der Waals surface area contributed by atoms with Gasteiger partial charge in [-0.25, -0.2) is 4.79 Å². The Labute approximate surface area is 88.3 Å². The van der Waals surface area contributed by atoms with Crippen molar-refractivity contribution in [1.82, 2.24) is 4.90 Å². The minimum Gasteiger partial charge on any atom is -0.480 e. The van der Waals surface area contributed by atoms with Crippen molar-refractivity contribution in [2.45, 2.75) is 25.3 Å². The van der Waals surface area contributed by atoms with Crippen LogP contribution >= 0.6 is 0 Å². The van der Waals surface area contributed by atoms with Crippen molar-refractivity contribution in [3.05, 3.63) is 12.4 Å². The molecule has 6 heteroatoms. The van der Waals surface area contributed by atoms with Gasteiger partial charge in [0.25, 0.3) is 0 Å². The van der Waals surface area contributed by atoms with Crippen molar-refractivity contribution >= 4 is 11.9 Å². The van der Waals surface area contributed by atoms with E-state index in [-0.39, 0.29) is 5.96 Å². The summed E-state index contributed by atoms with van der Waals surface area (Å²) in [5, 5.41) is 8.88. The molecule has 1 atom stereocenters. The molecule has 1 aliphatic heterocycles. The summed E-state index contributed by atoms with van der Waals surface area (Å²) in [6, 6.07) is -0.427. The summed E-state index contributed by atoms with van der Waals surface area (Å²) in [7, 11) is 0. The summed E-state index contributed by atoms with van der Waals surface area (Å²) in [4.78, 5) is 16.3. The third-order valence-electron chi connectivity index (χ3n) is 2.15. The molecule has 0 amide bonds. The lowest BCUT2D eigenvalue weighted by atomic mass is 10.1. The Morgan fingerprint density at radius 1 is 1.40 bits per heavy atom. The number of nitrogens with two attached hydrogens (primary N) is 2. The largest absolute Gasteiger partial charge is 0.480 e. The van der Waals surface area contributed by atoms with E-state index in [0.29, 0.717) is 13.0 Å². The third-order valence-corrected chi connectivity index (χ3v) is 2.15. The standard InChI is InChI=1S/C9H16N4O2/c10-9(11)12-4-2-1-3-7(8(14)15)13-5-6-13/h5-7H,1-4H2,(H,14,15)(H4,10,11,12)/t7-/m1/s1. The Bertz CT molecular complexity index is 278. The van der Waals surface area contributed by atoms with Gasteiger partial charge in [0.2, 0.25) is 0 Å². The van der Waals surface area contributed by atoms with E-state index in [4.69, 9.17) is 16.6 Å². The SMILES string of the molecule is NC(N)=NCCCC[C@H](C(=O)O)N1C=C1. The number of carbonyl (C=O) groups is 1. The Balaban J connectivity index is 2.12. The normalized spacial score (nSPS) is 14.8. The number of guanidine groups is 1. The molecule has 0 aliphatic carbocycles. The van der Waals surface area contributed by atoms with Gasteiger partial charge < -0.3 is 21.5 Å². The topological polar surface area (TPSA) is 105 Å². The van der Waals surface area contributed by atoms with Crippen LogP contribution in [0.25, 0.3) is 0 Å². The number of hydrogen-bond donors (Lipinski definition) is 3. The molecular weight excluding hydrogens is 196 g/mol. The van der Waals surface area contributed by atoms with Gasteiger partial charge >= 0.3 is 5.97 Å². The fourth-order valence-corrected chi connectivity index (χ4v) is 1.30. The molecule has 0 radical (unpaired) electrons. The molecule has 0 fully saturated rings. The van der Waals surface area contributed by atoms with Crippen LogP contribution < -0.4 is 11.5 Å². The van der Waals surface area contributed by atoms with E-state index in [0.717, 1.165) is 12.8 Å². The van der Waals surface area contributed by atoms with Crippen molar-refractivity contribution < 1.29 is 9.90 Å². The molecule has 1 heterocycles. The van der Waals surface area contributed by atoms with Crippen LogP contribution in [0.4, 0.5) is 0 Å². The number of aliphatic imine (C=N–C) groups is 1. The number of carboxylic acid groups (broad SMARTS) is 1. The zero-order valence-electron chi connectivity index (χ0n) is 8.47. The monoisotopic (exact) mass is 212 g/mol. The number of unbranched alkanes of at least 4 members (excludes halogenated alkanes) is 1. The third kappa shape index (κ3) is 4.35. The van der Waals surface area contributed by atoms with Gasteiger partial charge in [-0.3, -0.25) is 4.99 Å². The summed E-state index contributed by atoms with van der Waals surface area (Å²) in [5.74, 6) is -0.709. The van der Waals surface area contributed by atoms with E-state index in [1.54, 1.807) is 17.3 Å². The smallest absolute Gasteiger partial charge is 0.326 e. The molecule has 84 valence electrons. The van der Waals surface area contributed by atoms with E-state index in [9.17, 15) is 4.79 Å². The van der Waals surface area contributed by atoms with Crippen LogP contribution in [0.1, 0.15) is 19.3 Å². The van der Waals surface area contributed by atoms with Crippen molar-refractivity contribution in [3.8, 4) is 0 Å². The average Bonchev–Trinajstić information content (AvgIpc) is 2.93. The van der Waals surface area contributed by atoms with Crippen LogP contribution in [0.3, 0.4) is 0 Å². The maximum Gasteiger partial charge on any atom is 0.326 e. The van der Waals surface area contributed by atoms with Gasteiger partial charge in [0, 0.05) is 18.9 Å². The second-order valence-electron chi connectivity index (χ2n) is 3.40. The van der Waals surface area contributed by atoms with Gasteiger partial charge in [0.1, 0.15) is 6.04 Å². The van der Waals surface area contributed by atoms with Crippen LogP contribution in [-0.2, 0) is 4.79 Å². The van der Waals surface area contributed by atoms with Crippen molar-refractivity contribution in [2.24, 2.45) is 16.5 Å². The Morgan fingerprint density at radius 3 is 2.53 bits per heavy atom. The Morgan fingerprint density at radius 2 is 2.07 bits per heavy atom. The maximum absolute atomic E-state index is 10.8. The lowest BCUT2D eigenvalue weighted by Gasteiger charge is -2.13. The van der Waals surface area contributed by atoms with Crippen molar-refractivity contribution in [1.29, 1.82) is 0 Å². The Hall–Kier alpha value is -1.72. The van der Waals surface area contributed by atoms with Gasteiger partial charge in [0.05, 0.1) is 0 Å². The summed E-state index contributed by atoms with van der Waals surface area (Å²) in [5.41, 5.74) is 10.3. The van der Waals surface area contributed by atoms with Crippen LogP contribution in [0.15, 0.2) is 17.4 Å². The minimum atomic E-state index is -0.790. The molecule has 0 aromatic rings. The van der Waals surface area contributed by atoms with Crippen LogP contribution in [-0.4, -0.2) is 34.5 Å². The highest BCUT2D eigenvalue weighted by atomic mass is 16.4. The van der Waals surface area contributed by atoms with E-state index < -0.39 is 12.0 Å². The highest BCUT2D eigenvalue weighted by Gasteiger charge is 2.25. The van der Waals surface area contributed by atoms with Gasteiger partial charge in [-0.2, -0.15) is 0 Å². The zero-order valence-corrected chi connectivity index (χ0v) is 8.47. The molecule has 6 nitrogen and oxygen atoms in total. The zero-order chi connectivity index (χ0) is 11.3. The molecule has 0 aromatic heterocycles. The minimum absolute atomic E-state index is 0.0809. The predicted octanol–water partition coefficient (Wildman–Crippen LogP) is -0.330. The predicted molar refractivity (Wildman–Crippen MR) is 56.9 cm³/mol. The van der Waals surface area contributed by atoms with E-state index in [1.165, 1.54) is 0 Å². The fourth-order valence-electron chi connectivity index (χ4n) is 1.30. The second kappa shape index (κ2) is 5.23. The lowest BCUT2D eigenvalue weighted by Crippen LogP contribution is -2.28. The highest BCUT2D eigenvalue weighted by molar-refractivity contribution is 5.75. The molecule has 1 rings (SSSR count). The van der Waals surface area contributed by atoms with Crippen LogP contribution in [0, 0.1) is 0 Å². The Kier molecular flexibility index (Phi) is 3.96. The van der Waals surface area contributed by atoms with Crippen molar-refractivity contribution in [3.63, 3.8) is 0 Å². The van der Waals surface area contributed by atoms with Gasteiger partial charge in [-0.05, 0) is 19.3 Å². The summed E-state index contributed by atoms with van der Waals surface area (Å²) < 4.78 is 0. The molecule has 5 N–H and O–H groups in total. The van der Waals surface area contributed by atoms with E-state index in [1.807, 2.05) is 0 Å². The molecule has 0 saturated heterocycles. The van der Waals surface area contributed by atoms with E-state index >= 15 is 0 Å². The average molecular weight is 212 g/mol. The fraction of sp³-hybridized carbons (Fsp3) is 0.556. The van der Waals surface area contributed by atoms with Crippen LogP contribution in [0.2, 0.25) is 0 Å². The molecular formula is C9H16N4O2. The lowest BCUT2D eigenvalue weighted by molar-refractivity contribution is -0.141. The van der Waals surface area contributed by atoms with E-state index in [2.05, 4.69) is 4.99 Å². The number of rotatable bonds is 7. The highest BCUT2D eigenvalue weighted by Crippen LogP contribution is 2.18. The summed E-state index contributed by atoms with van der Waals surface area (Å²) in [6.45, 7) is 0.558. The molecule has 0 saturated carbocycles. The quantitative estimate of drug-likeness (QED) is 0.304. The molecule has 15 heavy (non-hydrogen) atoms. The van der Waals surface area contributed by atoms with Gasteiger partial charge in [0.15, 0.2) is 5.96 Å². The van der Waals surface area contributed by atoms with Crippen LogP contribution in [0.5, 0.6) is 0 Å². The number of carboxylic acids is 1. The first kappa shape index (κ1) is 11.4. The maximum atomic E-state index is 10.8. The van der Waals surface area contributed by atoms with Gasteiger partial charge in [-0.1, -0.05) is 0 Å². The number of nitrogens with zero attached hydrogens (tertiary/aromatic N) is 2. The number of aliphatic carboxylic acids is 1. The van der Waals surface area contributed by atoms with Crippen molar-refractivity contribution in [2.75, 3.05) is 6.54 Å². The summed E-state index contributed by atoms with van der Waals surface area (Å²) >= 11 is 0. The molecule has 0 aromatic carbocycles. The first-order chi connectivity index (χ1) is 7.11. The van der Waals surface area contributed by atoms with Gasteiger partial charge in [-0.15, -0.1) is 0 Å². The second-order valence-corrected chi connectivity index (χ2v) is 3.40. The summed E-state index contributed by atoms with van der Waals surface area (Å²) in [6.07, 6.45) is 5.73. The molecule has 0 unspecified atom stereocenters. The first-order valence-corrected chi connectivity index (χ1v) is 4.85. The molecule has 0 spiro atoms. The molecule has 1 aliphatic rings.